The number of hydrogen-bond donors (Lipinski definition) is 0. The highest BCUT2D eigenvalue weighted by Gasteiger charge is 2.22. The maximum atomic E-state index is 12.9. The van der Waals surface area contributed by atoms with Gasteiger partial charge in [0.05, 0.1) is 18.1 Å². The monoisotopic (exact) mass is 488 g/mol. The Morgan fingerprint density at radius 2 is 1.38 bits per heavy atom. The van der Waals surface area contributed by atoms with Crippen molar-refractivity contribution in [3.05, 3.63) is 117 Å². The van der Waals surface area contributed by atoms with Gasteiger partial charge in [0, 0.05) is 39.2 Å². The molecule has 0 aliphatic heterocycles. The molecule has 0 fully saturated rings. The topological polar surface area (TPSA) is 86.7 Å². The molecule has 0 N–H and O–H groups in total. The van der Waals surface area contributed by atoms with Crippen LogP contribution in [0.15, 0.2) is 113 Å². The number of benzene rings is 3. The highest BCUT2D eigenvalue weighted by molar-refractivity contribution is 6.09. The molecule has 0 aliphatic rings. The number of furan rings is 2. The predicted molar refractivity (Wildman–Crippen MR) is 142 cm³/mol. The van der Waals surface area contributed by atoms with Crippen LogP contribution in [0.4, 0.5) is 0 Å². The molecule has 4 heterocycles. The van der Waals surface area contributed by atoms with Crippen LogP contribution in [0.2, 0.25) is 0 Å². The third-order valence-electron chi connectivity index (χ3n) is 7.00. The minimum Gasteiger partial charge on any atom is -0.464 e. The van der Waals surface area contributed by atoms with Crippen molar-refractivity contribution in [2.24, 2.45) is 0 Å². The SMILES string of the molecule is CC(Cc1c2occc2cc2ccc(=O)oc12)c1cc(=O)oc2c(-c3ccccc3)c3occc3cc12. The molecule has 180 valence electrons. The van der Waals surface area contributed by atoms with Crippen LogP contribution in [-0.2, 0) is 6.42 Å². The van der Waals surface area contributed by atoms with Gasteiger partial charge in [0.1, 0.15) is 22.3 Å². The van der Waals surface area contributed by atoms with E-state index in [0.29, 0.717) is 28.8 Å². The Morgan fingerprint density at radius 1 is 0.676 bits per heavy atom. The first kappa shape index (κ1) is 21.4. The average Bonchev–Trinajstić information content (AvgIpc) is 3.57. The van der Waals surface area contributed by atoms with Crippen LogP contribution in [0, 0.1) is 0 Å². The summed E-state index contributed by atoms with van der Waals surface area (Å²) < 4.78 is 23.1. The first-order chi connectivity index (χ1) is 18.1. The summed E-state index contributed by atoms with van der Waals surface area (Å²) in [6.07, 6.45) is 3.75. The van der Waals surface area contributed by atoms with Crippen molar-refractivity contribution < 1.29 is 17.7 Å². The summed E-state index contributed by atoms with van der Waals surface area (Å²) in [6.45, 7) is 2.05. The maximum Gasteiger partial charge on any atom is 0.336 e. The lowest BCUT2D eigenvalue weighted by atomic mass is 9.88. The summed E-state index contributed by atoms with van der Waals surface area (Å²) in [6, 6.07) is 22.2. The zero-order valence-electron chi connectivity index (χ0n) is 19.8. The molecule has 7 aromatic rings. The second-order valence-electron chi connectivity index (χ2n) is 9.33. The number of fused-ring (bicyclic) bond motifs is 4. The molecule has 37 heavy (non-hydrogen) atoms. The molecule has 1 unspecified atom stereocenters. The summed E-state index contributed by atoms with van der Waals surface area (Å²) in [5.74, 6) is -0.135. The molecule has 0 aliphatic carbocycles. The fourth-order valence-electron chi connectivity index (χ4n) is 5.35. The molecule has 6 nitrogen and oxygen atoms in total. The van der Waals surface area contributed by atoms with E-state index in [4.69, 9.17) is 17.7 Å². The Labute approximate surface area is 209 Å². The van der Waals surface area contributed by atoms with Crippen molar-refractivity contribution in [1.29, 1.82) is 0 Å². The molecule has 4 aromatic heterocycles. The summed E-state index contributed by atoms with van der Waals surface area (Å²) in [7, 11) is 0. The van der Waals surface area contributed by atoms with Gasteiger partial charge < -0.3 is 17.7 Å². The highest BCUT2D eigenvalue weighted by atomic mass is 16.4. The number of rotatable bonds is 4. The Balaban J connectivity index is 1.47. The van der Waals surface area contributed by atoms with Gasteiger partial charge in [-0.1, -0.05) is 37.3 Å². The molecule has 0 spiro atoms. The lowest BCUT2D eigenvalue weighted by Gasteiger charge is -2.16. The van der Waals surface area contributed by atoms with Gasteiger partial charge >= 0.3 is 11.3 Å². The second-order valence-corrected chi connectivity index (χ2v) is 9.33. The van der Waals surface area contributed by atoms with Crippen molar-refractivity contribution in [3.63, 3.8) is 0 Å². The fourth-order valence-corrected chi connectivity index (χ4v) is 5.35. The standard InChI is InChI=1S/C31H20O6/c1-17(13-24-28-20(9-11-34-28)14-19-7-8-25(32)36-29(19)24)22-16-26(33)37-31-23(22)15-21-10-12-35-30(21)27(31)18-5-3-2-4-6-18/h2-12,14-17H,13H2,1H3. The zero-order valence-corrected chi connectivity index (χ0v) is 19.8. The van der Waals surface area contributed by atoms with Crippen LogP contribution in [0.5, 0.6) is 0 Å². The van der Waals surface area contributed by atoms with Crippen LogP contribution < -0.4 is 11.3 Å². The first-order valence-electron chi connectivity index (χ1n) is 12.0. The van der Waals surface area contributed by atoms with Crippen molar-refractivity contribution in [3.8, 4) is 11.1 Å². The van der Waals surface area contributed by atoms with Gasteiger partial charge in [0.15, 0.2) is 0 Å². The average molecular weight is 488 g/mol. The Hall–Kier alpha value is -4.84. The summed E-state index contributed by atoms with van der Waals surface area (Å²) in [5.41, 5.74) is 4.72. The van der Waals surface area contributed by atoms with Crippen molar-refractivity contribution in [2.75, 3.05) is 0 Å². The summed E-state index contributed by atoms with van der Waals surface area (Å²) in [4.78, 5) is 25.0. The zero-order chi connectivity index (χ0) is 25.1. The van der Waals surface area contributed by atoms with Crippen LogP contribution in [0.3, 0.4) is 0 Å². The fraction of sp³-hybridized carbons (Fsp3) is 0.0968. The van der Waals surface area contributed by atoms with E-state index < -0.39 is 11.3 Å². The smallest absolute Gasteiger partial charge is 0.336 e. The van der Waals surface area contributed by atoms with Crippen LogP contribution in [0.25, 0.3) is 55.0 Å². The molecule has 0 amide bonds. The van der Waals surface area contributed by atoms with Gasteiger partial charge in [-0.25, -0.2) is 9.59 Å². The lowest BCUT2D eigenvalue weighted by Crippen LogP contribution is -2.07. The van der Waals surface area contributed by atoms with Crippen LogP contribution in [-0.4, -0.2) is 0 Å². The third-order valence-corrected chi connectivity index (χ3v) is 7.00. The molecule has 0 saturated carbocycles. The van der Waals surface area contributed by atoms with E-state index in [9.17, 15) is 9.59 Å². The van der Waals surface area contributed by atoms with E-state index in [1.54, 1.807) is 24.7 Å². The molecular formula is C31H20O6. The largest absolute Gasteiger partial charge is 0.464 e. The molecule has 6 heteroatoms. The molecule has 7 rings (SSSR count). The minimum absolute atomic E-state index is 0.135. The van der Waals surface area contributed by atoms with Gasteiger partial charge in [0.25, 0.3) is 0 Å². The van der Waals surface area contributed by atoms with Crippen LogP contribution in [0.1, 0.15) is 24.0 Å². The van der Waals surface area contributed by atoms with Gasteiger partial charge in [0.2, 0.25) is 0 Å². The van der Waals surface area contributed by atoms with Crippen molar-refractivity contribution in [2.45, 2.75) is 19.3 Å². The van der Waals surface area contributed by atoms with E-state index in [2.05, 4.69) is 0 Å². The third kappa shape index (κ3) is 3.41. The second kappa shape index (κ2) is 8.10. The highest BCUT2D eigenvalue weighted by Crippen LogP contribution is 2.40. The maximum absolute atomic E-state index is 12.9. The van der Waals surface area contributed by atoms with Crippen LogP contribution >= 0.6 is 0 Å². The minimum atomic E-state index is -0.440. The predicted octanol–water partition coefficient (Wildman–Crippen LogP) is 7.41. The van der Waals surface area contributed by atoms with Gasteiger partial charge in [-0.15, -0.1) is 0 Å². The lowest BCUT2D eigenvalue weighted by molar-refractivity contribution is 0.548. The van der Waals surface area contributed by atoms with E-state index in [0.717, 1.165) is 43.8 Å². The molecule has 0 radical (unpaired) electrons. The van der Waals surface area contributed by atoms with E-state index >= 15 is 0 Å². The van der Waals surface area contributed by atoms with E-state index in [1.807, 2.05) is 61.5 Å². The molecule has 0 bridgehead atoms. The van der Waals surface area contributed by atoms with Crippen molar-refractivity contribution in [1.82, 2.24) is 0 Å². The van der Waals surface area contributed by atoms with Crippen molar-refractivity contribution >= 4 is 43.9 Å². The normalized spacial score (nSPS) is 12.7. The van der Waals surface area contributed by atoms with Gasteiger partial charge in [-0.3, -0.25) is 0 Å². The molecule has 0 saturated heterocycles. The quantitative estimate of drug-likeness (QED) is 0.240. The first-order valence-corrected chi connectivity index (χ1v) is 12.0. The molecular weight excluding hydrogens is 468 g/mol. The summed E-state index contributed by atoms with van der Waals surface area (Å²) >= 11 is 0. The summed E-state index contributed by atoms with van der Waals surface area (Å²) in [5, 5.41) is 3.49. The number of hydrogen-bond acceptors (Lipinski definition) is 6. The Kier molecular flexibility index (Phi) is 4.69. The van der Waals surface area contributed by atoms with Gasteiger partial charge in [-0.05, 0) is 53.8 Å². The Morgan fingerprint density at radius 3 is 2.19 bits per heavy atom. The van der Waals surface area contributed by atoms with E-state index in [-0.39, 0.29) is 5.92 Å². The Bertz CT molecular complexity index is 2070. The molecule has 3 aromatic carbocycles. The van der Waals surface area contributed by atoms with Gasteiger partial charge in [-0.2, -0.15) is 0 Å². The van der Waals surface area contributed by atoms with E-state index in [1.165, 1.54) is 6.07 Å². The molecule has 1 atom stereocenters.